The summed E-state index contributed by atoms with van der Waals surface area (Å²) < 4.78 is 1.95. The van der Waals surface area contributed by atoms with E-state index in [0.29, 0.717) is 12.2 Å². The number of anilines is 1. The highest BCUT2D eigenvalue weighted by atomic mass is 16.2. The van der Waals surface area contributed by atoms with Gasteiger partial charge in [0.25, 0.3) is 5.91 Å². The summed E-state index contributed by atoms with van der Waals surface area (Å²) in [5, 5.41) is 0. The third-order valence-corrected chi connectivity index (χ3v) is 4.40. The second kappa shape index (κ2) is 7.09. The summed E-state index contributed by atoms with van der Waals surface area (Å²) in [6.45, 7) is 8.82. The van der Waals surface area contributed by atoms with E-state index in [1.807, 2.05) is 66.6 Å². The minimum atomic E-state index is 0.00894. The lowest BCUT2D eigenvalue weighted by Crippen LogP contribution is -2.32. The molecule has 25 heavy (non-hydrogen) atoms. The molecule has 0 aliphatic carbocycles. The number of benzene rings is 1. The molecule has 0 aliphatic rings. The molecule has 3 aromatic rings. The van der Waals surface area contributed by atoms with Gasteiger partial charge in [0, 0.05) is 18.4 Å². The maximum Gasteiger partial charge on any atom is 0.277 e. The van der Waals surface area contributed by atoms with Crippen LogP contribution in [-0.2, 0) is 6.42 Å². The van der Waals surface area contributed by atoms with Gasteiger partial charge in [0.05, 0.1) is 5.69 Å². The largest absolute Gasteiger partial charge is 0.307 e. The van der Waals surface area contributed by atoms with E-state index in [-0.39, 0.29) is 5.91 Å². The van der Waals surface area contributed by atoms with Gasteiger partial charge in [-0.15, -0.1) is 0 Å². The van der Waals surface area contributed by atoms with Gasteiger partial charge in [0.2, 0.25) is 0 Å². The third-order valence-electron chi connectivity index (χ3n) is 4.40. The van der Waals surface area contributed by atoms with Crippen molar-refractivity contribution < 1.29 is 4.79 Å². The lowest BCUT2D eigenvalue weighted by atomic mass is 10.1. The number of carbonyl (C=O) groups excluding carboxylic acids is 1. The van der Waals surface area contributed by atoms with Crippen molar-refractivity contribution in [2.75, 3.05) is 11.4 Å². The highest BCUT2D eigenvalue weighted by molar-refractivity contribution is 6.06. The lowest BCUT2D eigenvalue weighted by Gasteiger charge is -2.22. The molecule has 1 aromatic carbocycles. The van der Waals surface area contributed by atoms with Gasteiger partial charge in [0.1, 0.15) is 11.3 Å². The molecule has 0 unspecified atom stereocenters. The van der Waals surface area contributed by atoms with Gasteiger partial charge in [-0.05, 0) is 56.5 Å². The minimum absolute atomic E-state index is 0.00894. The summed E-state index contributed by atoms with van der Waals surface area (Å²) in [5.74, 6) is 0.00894. The van der Waals surface area contributed by atoms with Gasteiger partial charge < -0.3 is 4.90 Å². The first-order valence-corrected chi connectivity index (χ1v) is 8.91. The molecular formula is C21H25N3O. The van der Waals surface area contributed by atoms with Gasteiger partial charge in [-0.2, -0.15) is 0 Å². The van der Waals surface area contributed by atoms with Crippen molar-refractivity contribution in [1.82, 2.24) is 9.38 Å². The van der Waals surface area contributed by atoms with Gasteiger partial charge >= 0.3 is 0 Å². The fourth-order valence-electron chi connectivity index (χ4n) is 3.20. The lowest BCUT2D eigenvalue weighted by molar-refractivity contribution is 0.0981. The van der Waals surface area contributed by atoms with Crippen molar-refractivity contribution in [3.63, 3.8) is 0 Å². The molecule has 4 nitrogen and oxygen atoms in total. The quantitative estimate of drug-likeness (QED) is 0.685. The van der Waals surface area contributed by atoms with E-state index in [1.54, 1.807) is 0 Å². The van der Waals surface area contributed by atoms with Crippen LogP contribution < -0.4 is 4.90 Å². The molecule has 2 aromatic heterocycles. The summed E-state index contributed by atoms with van der Waals surface area (Å²) in [4.78, 5) is 20.0. The number of hydrogen-bond donors (Lipinski definition) is 0. The Morgan fingerprint density at radius 3 is 2.60 bits per heavy atom. The number of fused-ring (bicyclic) bond motifs is 1. The van der Waals surface area contributed by atoms with Crippen LogP contribution in [0.2, 0.25) is 0 Å². The number of nitrogens with zero attached hydrogens (tertiary/aromatic N) is 3. The zero-order valence-electron chi connectivity index (χ0n) is 15.4. The molecule has 0 N–H and O–H groups in total. The summed E-state index contributed by atoms with van der Waals surface area (Å²) in [7, 11) is 0. The number of imidazole rings is 1. The standard InChI is InChI=1S/C21H25N3O/c1-5-8-18-20(24-14-16(4)11-12-19(24)22-18)21(25)23(6-2)17-10-7-9-15(3)13-17/h7,9-14H,5-6,8H2,1-4H3. The number of hydrogen-bond acceptors (Lipinski definition) is 2. The monoisotopic (exact) mass is 335 g/mol. The predicted molar refractivity (Wildman–Crippen MR) is 102 cm³/mol. The molecule has 1 amide bonds. The van der Waals surface area contributed by atoms with Crippen LogP contribution in [0.5, 0.6) is 0 Å². The first kappa shape index (κ1) is 17.2. The number of amides is 1. The number of aromatic nitrogens is 2. The summed E-state index contributed by atoms with van der Waals surface area (Å²) in [5.41, 5.74) is 5.58. The zero-order valence-corrected chi connectivity index (χ0v) is 15.4. The van der Waals surface area contributed by atoms with Crippen molar-refractivity contribution in [3.05, 3.63) is 65.1 Å². The van der Waals surface area contributed by atoms with E-state index in [4.69, 9.17) is 4.98 Å². The van der Waals surface area contributed by atoms with Crippen molar-refractivity contribution in [2.45, 2.75) is 40.5 Å². The van der Waals surface area contributed by atoms with Crippen LogP contribution in [0.3, 0.4) is 0 Å². The van der Waals surface area contributed by atoms with Crippen LogP contribution in [0.4, 0.5) is 5.69 Å². The Morgan fingerprint density at radius 2 is 1.92 bits per heavy atom. The molecule has 0 radical (unpaired) electrons. The zero-order chi connectivity index (χ0) is 18.0. The molecule has 3 rings (SSSR count). The van der Waals surface area contributed by atoms with Crippen molar-refractivity contribution in [3.8, 4) is 0 Å². The molecule has 0 atom stereocenters. The van der Waals surface area contributed by atoms with Crippen LogP contribution in [0.15, 0.2) is 42.6 Å². The van der Waals surface area contributed by atoms with E-state index >= 15 is 0 Å². The number of carbonyl (C=O) groups is 1. The molecule has 0 spiro atoms. The van der Waals surface area contributed by atoms with E-state index in [9.17, 15) is 4.79 Å². The molecule has 0 saturated carbocycles. The Kier molecular flexibility index (Phi) is 4.88. The Morgan fingerprint density at radius 1 is 1.12 bits per heavy atom. The SMILES string of the molecule is CCCc1nc2ccc(C)cn2c1C(=O)N(CC)c1cccc(C)c1. The Hall–Kier alpha value is -2.62. The van der Waals surface area contributed by atoms with Crippen molar-refractivity contribution >= 4 is 17.2 Å². The molecule has 0 aliphatic heterocycles. The van der Waals surface area contributed by atoms with Crippen LogP contribution in [0, 0.1) is 13.8 Å². The van der Waals surface area contributed by atoms with E-state index in [2.05, 4.69) is 13.0 Å². The molecule has 0 saturated heterocycles. The molecule has 2 heterocycles. The highest BCUT2D eigenvalue weighted by Gasteiger charge is 2.24. The highest BCUT2D eigenvalue weighted by Crippen LogP contribution is 2.22. The predicted octanol–water partition coefficient (Wildman–Crippen LogP) is 4.57. The van der Waals surface area contributed by atoms with E-state index in [1.165, 1.54) is 0 Å². The topological polar surface area (TPSA) is 37.6 Å². The summed E-state index contributed by atoms with van der Waals surface area (Å²) in [6, 6.07) is 12.1. The second-order valence-electron chi connectivity index (χ2n) is 6.48. The summed E-state index contributed by atoms with van der Waals surface area (Å²) in [6.07, 6.45) is 3.76. The van der Waals surface area contributed by atoms with E-state index in [0.717, 1.165) is 41.0 Å². The van der Waals surface area contributed by atoms with Crippen LogP contribution in [0.25, 0.3) is 5.65 Å². The molecule has 0 fully saturated rings. The molecule has 4 heteroatoms. The Balaban J connectivity index is 2.14. The number of aryl methyl sites for hydroxylation is 3. The fourth-order valence-corrected chi connectivity index (χ4v) is 3.20. The van der Waals surface area contributed by atoms with Crippen molar-refractivity contribution in [1.29, 1.82) is 0 Å². The maximum absolute atomic E-state index is 13.4. The van der Waals surface area contributed by atoms with Crippen molar-refractivity contribution in [2.24, 2.45) is 0 Å². The van der Waals surface area contributed by atoms with Gasteiger partial charge in [-0.1, -0.05) is 31.5 Å². The molecule has 0 bridgehead atoms. The normalized spacial score (nSPS) is 11.0. The molecular weight excluding hydrogens is 310 g/mol. The van der Waals surface area contributed by atoms with Gasteiger partial charge in [0.15, 0.2) is 0 Å². The maximum atomic E-state index is 13.4. The van der Waals surface area contributed by atoms with Crippen LogP contribution in [-0.4, -0.2) is 21.8 Å². The first-order chi connectivity index (χ1) is 12.0. The first-order valence-electron chi connectivity index (χ1n) is 8.91. The number of pyridine rings is 1. The summed E-state index contributed by atoms with van der Waals surface area (Å²) >= 11 is 0. The Labute approximate surface area is 149 Å². The third kappa shape index (κ3) is 3.29. The van der Waals surface area contributed by atoms with Crippen LogP contribution in [0.1, 0.15) is 47.6 Å². The van der Waals surface area contributed by atoms with Gasteiger partial charge in [-0.3, -0.25) is 9.20 Å². The average Bonchev–Trinajstić information content (AvgIpc) is 2.93. The second-order valence-corrected chi connectivity index (χ2v) is 6.48. The molecule has 130 valence electrons. The Bertz CT molecular complexity index is 911. The van der Waals surface area contributed by atoms with E-state index < -0.39 is 0 Å². The smallest absolute Gasteiger partial charge is 0.277 e. The minimum Gasteiger partial charge on any atom is -0.307 e. The number of rotatable bonds is 5. The van der Waals surface area contributed by atoms with Crippen LogP contribution >= 0.6 is 0 Å². The fraction of sp³-hybridized carbons (Fsp3) is 0.333. The van der Waals surface area contributed by atoms with Gasteiger partial charge in [-0.25, -0.2) is 4.98 Å². The average molecular weight is 335 g/mol.